The summed E-state index contributed by atoms with van der Waals surface area (Å²) in [7, 11) is 0. The summed E-state index contributed by atoms with van der Waals surface area (Å²) in [6.45, 7) is 10.9. The van der Waals surface area contributed by atoms with Gasteiger partial charge < -0.3 is 10.6 Å². The number of rotatable bonds is 3. The Morgan fingerprint density at radius 2 is 2.18 bits per heavy atom. The van der Waals surface area contributed by atoms with Crippen molar-refractivity contribution in [3.8, 4) is 0 Å². The van der Waals surface area contributed by atoms with Gasteiger partial charge >= 0.3 is 0 Å². The average Bonchev–Trinajstić information content (AvgIpc) is 2.27. The molecule has 1 heterocycles. The third-order valence-corrected chi connectivity index (χ3v) is 3.45. The fraction of sp³-hybridized carbons (Fsp3) is 0.786. The smallest absolute Gasteiger partial charge is 0.223 e. The van der Waals surface area contributed by atoms with Crippen molar-refractivity contribution in [2.75, 3.05) is 19.6 Å². The van der Waals surface area contributed by atoms with Gasteiger partial charge in [-0.1, -0.05) is 39.3 Å². The first kappa shape index (κ1) is 14.2. The first-order valence-electron chi connectivity index (χ1n) is 6.52. The van der Waals surface area contributed by atoms with E-state index in [-0.39, 0.29) is 17.2 Å². The third kappa shape index (κ3) is 4.15. The topological polar surface area (TPSA) is 46.3 Å². The molecule has 1 aliphatic heterocycles. The van der Waals surface area contributed by atoms with Crippen LogP contribution in [0.5, 0.6) is 0 Å². The lowest BCUT2D eigenvalue weighted by Crippen LogP contribution is -2.37. The molecule has 0 aliphatic carbocycles. The second-order valence-corrected chi connectivity index (χ2v) is 6.11. The molecule has 0 spiro atoms. The highest BCUT2D eigenvalue weighted by Crippen LogP contribution is 2.30. The molecule has 2 N–H and O–H groups in total. The highest BCUT2D eigenvalue weighted by Gasteiger charge is 2.23. The van der Waals surface area contributed by atoms with Gasteiger partial charge in [0.15, 0.2) is 0 Å². The highest BCUT2D eigenvalue weighted by atomic mass is 16.2. The zero-order valence-corrected chi connectivity index (χ0v) is 11.6. The summed E-state index contributed by atoms with van der Waals surface area (Å²) < 4.78 is 0. The normalized spacial score (nSPS) is 18.9. The van der Waals surface area contributed by atoms with Crippen LogP contribution in [-0.2, 0) is 4.79 Å². The van der Waals surface area contributed by atoms with Crippen LogP contribution >= 0.6 is 0 Å². The Kier molecular flexibility index (Phi) is 4.75. The van der Waals surface area contributed by atoms with Gasteiger partial charge in [0.1, 0.15) is 0 Å². The molecule has 0 aromatic rings. The maximum atomic E-state index is 12.0. The van der Waals surface area contributed by atoms with E-state index in [1.165, 1.54) is 5.57 Å². The number of amides is 1. The van der Waals surface area contributed by atoms with Crippen LogP contribution in [0.3, 0.4) is 0 Å². The maximum absolute atomic E-state index is 12.0. The van der Waals surface area contributed by atoms with E-state index in [0.29, 0.717) is 13.0 Å². The van der Waals surface area contributed by atoms with Gasteiger partial charge in [-0.3, -0.25) is 4.79 Å². The number of carbonyl (C=O) groups excluding carboxylic acids is 1. The van der Waals surface area contributed by atoms with Crippen LogP contribution in [0.4, 0.5) is 0 Å². The molecule has 1 unspecified atom stereocenters. The Labute approximate surface area is 105 Å². The van der Waals surface area contributed by atoms with Crippen molar-refractivity contribution < 1.29 is 4.79 Å². The van der Waals surface area contributed by atoms with E-state index < -0.39 is 0 Å². The third-order valence-electron chi connectivity index (χ3n) is 3.45. The molecule has 98 valence electrons. The van der Waals surface area contributed by atoms with E-state index in [1.54, 1.807) is 0 Å². The van der Waals surface area contributed by atoms with Crippen molar-refractivity contribution in [3.63, 3.8) is 0 Å². The molecule has 0 bridgehead atoms. The quantitative estimate of drug-likeness (QED) is 0.766. The monoisotopic (exact) mass is 238 g/mol. The fourth-order valence-electron chi connectivity index (χ4n) is 2.09. The summed E-state index contributed by atoms with van der Waals surface area (Å²) in [5, 5.41) is 0. The summed E-state index contributed by atoms with van der Waals surface area (Å²) in [6, 6.07) is 0. The zero-order valence-electron chi connectivity index (χ0n) is 11.6. The lowest BCUT2D eigenvalue weighted by atomic mass is 9.83. The molecule has 3 heteroatoms. The van der Waals surface area contributed by atoms with Gasteiger partial charge in [0.2, 0.25) is 5.91 Å². The van der Waals surface area contributed by atoms with Crippen LogP contribution in [0, 0.1) is 11.3 Å². The minimum Gasteiger partial charge on any atom is -0.339 e. The zero-order chi connectivity index (χ0) is 13.1. The lowest BCUT2D eigenvalue weighted by molar-refractivity contribution is -0.131. The summed E-state index contributed by atoms with van der Waals surface area (Å²) in [5.74, 6) is 0.530. The van der Waals surface area contributed by atoms with E-state index in [9.17, 15) is 4.79 Å². The van der Waals surface area contributed by atoms with E-state index in [1.807, 2.05) is 11.8 Å². The van der Waals surface area contributed by atoms with Crippen LogP contribution in [0.2, 0.25) is 0 Å². The molecule has 1 rings (SSSR count). The Balaban J connectivity index is 2.52. The lowest BCUT2D eigenvalue weighted by Gasteiger charge is -2.32. The Morgan fingerprint density at radius 3 is 2.59 bits per heavy atom. The molecule has 0 aromatic heterocycles. The number of hydrogen-bond donors (Lipinski definition) is 1. The van der Waals surface area contributed by atoms with E-state index in [4.69, 9.17) is 5.73 Å². The SMILES string of the molecule is CC(CN)CC(=O)N1CC=C(C(C)(C)C)CC1. The summed E-state index contributed by atoms with van der Waals surface area (Å²) >= 11 is 0. The van der Waals surface area contributed by atoms with E-state index >= 15 is 0 Å². The van der Waals surface area contributed by atoms with Crippen molar-refractivity contribution in [2.24, 2.45) is 17.1 Å². The van der Waals surface area contributed by atoms with Gasteiger partial charge in [-0.05, 0) is 24.3 Å². The van der Waals surface area contributed by atoms with Crippen LogP contribution in [-0.4, -0.2) is 30.4 Å². The molecule has 17 heavy (non-hydrogen) atoms. The summed E-state index contributed by atoms with van der Waals surface area (Å²) in [5.41, 5.74) is 7.25. The molecule has 1 amide bonds. The Morgan fingerprint density at radius 1 is 1.53 bits per heavy atom. The minimum atomic E-state index is 0.236. The first-order chi connectivity index (χ1) is 7.84. The van der Waals surface area contributed by atoms with Gasteiger partial charge in [-0.15, -0.1) is 0 Å². The van der Waals surface area contributed by atoms with Crippen LogP contribution in [0.1, 0.15) is 40.5 Å². The minimum absolute atomic E-state index is 0.236. The molecule has 0 saturated carbocycles. The molecule has 0 aromatic carbocycles. The molecule has 0 saturated heterocycles. The Hall–Kier alpha value is -0.830. The van der Waals surface area contributed by atoms with Crippen LogP contribution < -0.4 is 5.73 Å². The molecule has 0 fully saturated rings. The molecule has 1 atom stereocenters. The Bertz CT molecular complexity index is 302. The van der Waals surface area contributed by atoms with Crippen molar-refractivity contribution in [2.45, 2.75) is 40.5 Å². The molecule has 3 nitrogen and oxygen atoms in total. The predicted molar refractivity (Wildman–Crippen MR) is 71.6 cm³/mol. The highest BCUT2D eigenvalue weighted by molar-refractivity contribution is 5.76. The number of nitrogens with zero attached hydrogens (tertiary/aromatic N) is 1. The predicted octanol–water partition coefficient (Wildman–Crippen LogP) is 2.18. The van der Waals surface area contributed by atoms with Crippen molar-refractivity contribution >= 4 is 5.91 Å². The van der Waals surface area contributed by atoms with Gasteiger partial charge in [-0.25, -0.2) is 0 Å². The van der Waals surface area contributed by atoms with Crippen LogP contribution in [0.15, 0.2) is 11.6 Å². The van der Waals surface area contributed by atoms with Crippen molar-refractivity contribution in [1.82, 2.24) is 4.90 Å². The second kappa shape index (κ2) is 5.67. The molecular weight excluding hydrogens is 212 g/mol. The second-order valence-electron chi connectivity index (χ2n) is 6.11. The largest absolute Gasteiger partial charge is 0.339 e. The average molecular weight is 238 g/mol. The number of hydrogen-bond acceptors (Lipinski definition) is 2. The molecule has 1 aliphatic rings. The number of carbonyl (C=O) groups is 1. The van der Waals surface area contributed by atoms with Gasteiger partial charge in [0.05, 0.1) is 0 Å². The van der Waals surface area contributed by atoms with Crippen molar-refractivity contribution in [3.05, 3.63) is 11.6 Å². The first-order valence-corrected chi connectivity index (χ1v) is 6.52. The summed E-state index contributed by atoms with van der Waals surface area (Å²) in [4.78, 5) is 13.9. The van der Waals surface area contributed by atoms with E-state index in [2.05, 4.69) is 26.8 Å². The molecule has 0 radical (unpaired) electrons. The van der Waals surface area contributed by atoms with E-state index in [0.717, 1.165) is 19.5 Å². The van der Waals surface area contributed by atoms with Gasteiger partial charge in [0, 0.05) is 19.5 Å². The molecular formula is C14H26N2O. The maximum Gasteiger partial charge on any atom is 0.223 e. The van der Waals surface area contributed by atoms with Gasteiger partial charge in [0.25, 0.3) is 0 Å². The van der Waals surface area contributed by atoms with Gasteiger partial charge in [-0.2, -0.15) is 0 Å². The standard InChI is InChI=1S/C14H26N2O/c1-11(10-15)9-13(17)16-7-5-12(6-8-16)14(2,3)4/h5,11H,6-10,15H2,1-4H3. The van der Waals surface area contributed by atoms with Crippen molar-refractivity contribution in [1.29, 1.82) is 0 Å². The fourth-order valence-corrected chi connectivity index (χ4v) is 2.09. The van der Waals surface area contributed by atoms with Crippen LogP contribution in [0.25, 0.3) is 0 Å². The number of nitrogens with two attached hydrogens (primary N) is 1. The summed E-state index contributed by atoms with van der Waals surface area (Å²) in [6.07, 6.45) is 3.80.